The van der Waals surface area contributed by atoms with Gasteiger partial charge in [0, 0.05) is 42.8 Å². The first-order valence-electron chi connectivity index (χ1n) is 9.35. The van der Waals surface area contributed by atoms with Gasteiger partial charge < -0.3 is 9.64 Å². The van der Waals surface area contributed by atoms with E-state index in [1.807, 2.05) is 13.0 Å². The van der Waals surface area contributed by atoms with Crippen LogP contribution in [0.3, 0.4) is 0 Å². The van der Waals surface area contributed by atoms with Gasteiger partial charge in [0.25, 0.3) is 0 Å². The van der Waals surface area contributed by atoms with Crippen molar-refractivity contribution < 1.29 is 17.9 Å². The number of ether oxygens (including phenoxy) is 1. The van der Waals surface area contributed by atoms with Crippen molar-refractivity contribution in [2.24, 2.45) is 0 Å². The van der Waals surface area contributed by atoms with Gasteiger partial charge in [0.05, 0.1) is 18.1 Å². The molecular formula is C18H26BrN3O4S. The maximum atomic E-state index is 12.8. The predicted molar refractivity (Wildman–Crippen MR) is 108 cm³/mol. The third-order valence-electron chi connectivity index (χ3n) is 4.97. The van der Waals surface area contributed by atoms with E-state index in [2.05, 4.69) is 25.6 Å². The third kappa shape index (κ3) is 4.89. The Labute approximate surface area is 169 Å². The molecule has 7 nitrogen and oxygen atoms in total. The highest BCUT2D eigenvalue weighted by Gasteiger charge is 2.28. The molecule has 3 rings (SSSR count). The molecule has 2 aliphatic heterocycles. The minimum absolute atomic E-state index is 0.0119. The second-order valence-electron chi connectivity index (χ2n) is 6.77. The van der Waals surface area contributed by atoms with Crippen molar-refractivity contribution in [3.05, 3.63) is 22.2 Å². The fraction of sp³-hybridized carbons (Fsp3) is 0.611. The van der Waals surface area contributed by atoms with Crippen molar-refractivity contribution in [3.63, 3.8) is 0 Å². The molecule has 1 amide bonds. The monoisotopic (exact) mass is 459 g/mol. The Bertz CT molecular complexity index is 794. The van der Waals surface area contributed by atoms with Gasteiger partial charge in [-0.25, -0.2) is 13.1 Å². The molecule has 2 heterocycles. The van der Waals surface area contributed by atoms with Crippen LogP contribution >= 0.6 is 15.9 Å². The summed E-state index contributed by atoms with van der Waals surface area (Å²) in [6.07, 6.45) is 1.88. The minimum atomic E-state index is -3.65. The number of morpholine rings is 1. The Hall–Kier alpha value is -1.00. The quantitative estimate of drug-likeness (QED) is 0.628. The lowest BCUT2D eigenvalue weighted by atomic mass is 10.2. The second kappa shape index (κ2) is 9.00. The number of halogens is 1. The molecule has 150 valence electrons. The SMILES string of the molecule is CCC(=O)N1CCc2cc(Br)c(S(=O)(=O)NCCCN3CCOCC3)cc21. The maximum absolute atomic E-state index is 12.8. The molecule has 1 saturated heterocycles. The normalized spacial score (nSPS) is 17.9. The largest absolute Gasteiger partial charge is 0.379 e. The van der Waals surface area contributed by atoms with Gasteiger partial charge in [-0.05, 0) is 53.0 Å². The Morgan fingerprint density at radius 1 is 1.26 bits per heavy atom. The van der Waals surface area contributed by atoms with Gasteiger partial charge in [-0.3, -0.25) is 9.69 Å². The summed E-state index contributed by atoms with van der Waals surface area (Å²) in [5.74, 6) is 0.0119. The van der Waals surface area contributed by atoms with E-state index in [0.29, 0.717) is 29.7 Å². The van der Waals surface area contributed by atoms with E-state index < -0.39 is 10.0 Å². The molecule has 9 heteroatoms. The zero-order chi connectivity index (χ0) is 19.4. The summed E-state index contributed by atoms with van der Waals surface area (Å²) in [6, 6.07) is 3.44. The molecule has 1 aromatic carbocycles. The lowest BCUT2D eigenvalue weighted by Gasteiger charge is -2.26. The summed E-state index contributed by atoms with van der Waals surface area (Å²) >= 11 is 3.39. The van der Waals surface area contributed by atoms with E-state index in [1.54, 1.807) is 11.0 Å². The number of anilines is 1. The van der Waals surface area contributed by atoms with Gasteiger partial charge in [0.1, 0.15) is 0 Å². The second-order valence-corrected chi connectivity index (χ2v) is 9.36. The topological polar surface area (TPSA) is 79.0 Å². The van der Waals surface area contributed by atoms with Gasteiger partial charge in [0.2, 0.25) is 15.9 Å². The highest BCUT2D eigenvalue weighted by atomic mass is 79.9. The van der Waals surface area contributed by atoms with E-state index in [0.717, 1.165) is 51.3 Å². The molecule has 0 spiro atoms. The number of sulfonamides is 1. The van der Waals surface area contributed by atoms with Crippen LogP contribution < -0.4 is 9.62 Å². The molecule has 0 radical (unpaired) electrons. The summed E-state index contributed by atoms with van der Waals surface area (Å²) in [5.41, 5.74) is 1.70. The standard InChI is InChI=1S/C18H26BrN3O4S/c1-2-18(23)22-7-4-14-12-15(19)17(13-16(14)22)27(24,25)20-5-3-6-21-8-10-26-11-9-21/h12-13,20H,2-11H2,1H3. The van der Waals surface area contributed by atoms with Crippen molar-refractivity contribution in [2.75, 3.05) is 50.8 Å². The van der Waals surface area contributed by atoms with E-state index in [-0.39, 0.29) is 10.8 Å². The van der Waals surface area contributed by atoms with Gasteiger partial charge in [-0.1, -0.05) is 6.92 Å². The zero-order valence-corrected chi connectivity index (χ0v) is 17.9. The first kappa shape index (κ1) is 20.7. The minimum Gasteiger partial charge on any atom is -0.379 e. The number of nitrogens with zero attached hydrogens (tertiary/aromatic N) is 2. The van der Waals surface area contributed by atoms with Gasteiger partial charge in [-0.2, -0.15) is 0 Å². The molecule has 0 unspecified atom stereocenters. The summed E-state index contributed by atoms with van der Waals surface area (Å²) in [5, 5.41) is 0. The third-order valence-corrected chi connectivity index (χ3v) is 7.39. The fourth-order valence-corrected chi connectivity index (χ4v) is 5.64. The van der Waals surface area contributed by atoms with Crippen molar-refractivity contribution in [3.8, 4) is 0 Å². The van der Waals surface area contributed by atoms with Crippen LogP contribution in [0.2, 0.25) is 0 Å². The predicted octanol–water partition coefficient (Wildman–Crippen LogP) is 1.75. The number of rotatable bonds is 7. The number of carbonyl (C=O) groups excluding carboxylic acids is 1. The molecule has 27 heavy (non-hydrogen) atoms. The van der Waals surface area contributed by atoms with Crippen LogP contribution in [0.5, 0.6) is 0 Å². The van der Waals surface area contributed by atoms with Crippen molar-refractivity contribution in [1.29, 1.82) is 0 Å². The number of nitrogens with one attached hydrogen (secondary N) is 1. The van der Waals surface area contributed by atoms with Crippen LogP contribution in [-0.4, -0.2) is 65.2 Å². The first-order valence-corrected chi connectivity index (χ1v) is 11.6. The number of hydrogen-bond donors (Lipinski definition) is 1. The van der Waals surface area contributed by atoms with Crippen LogP contribution in [0.15, 0.2) is 21.5 Å². The van der Waals surface area contributed by atoms with Crippen LogP contribution in [0.1, 0.15) is 25.3 Å². The first-order chi connectivity index (χ1) is 12.9. The number of benzene rings is 1. The maximum Gasteiger partial charge on any atom is 0.241 e. The molecule has 0 aromatic heterocycles. The Morgan fingerprint density at radius 3 is 2.70 bits per heavy atom. The molecule has 2 aliphatic rings. The molecule has 0 bridgehead atoms. The van der Waals surface area contributed by atoms with Crippen LogP contribution in [-0.2, 0) is 26.0 Å². The highest BCUT2D eigenvalue weighted by molar-refractivity contribution is 9.10. The molecular weight excluding hydrogens is 434 g/mol. The van der Waals surface area contributed by atoms with Gasteiger partial charge in [0.15, 0.2) is 0 Å². The Kier molecular flexibility index (Phi) is 6.91. The summed E-state index contributed by atoms with van der Waals surface area (Å²) in [7, 11) is -3.65. The summed E-state index contributed by atoms with van der Waals surface area (Å²) < 4.78 is 34.1. The van der Waals surface area contributed by atoms with E-state index in [4.69, 9.17) is 4.74 Å². The number of amides is 1. The van der Waals surface area contributed by atoms with Crippen LogP contribution in [0, 0.1) is 0 Å². The van der Waals surface area contributed by atoms with Gasteiger partial charge in [-0.15, -0.1) is 0 Å². The molecule has 0 atom stereocenters. The molecule has 1 fully saturated rings. The number of fused-ring (bicyclic) bond motifs is 1. The number of hydrogen-bond acceptors (Lipinski definition) is 5. The van der Waals surface area contributed by atoms with Crippen molar-refractivity contribution in [2.45, 2.75) is 31.1 Å². The number of carbonyl (C=O) groups is 1. The Balaban J connectivity index is 1.66. The van der Waals surface area contributed by atoms with E-state index >= 15 is 0 Å². The van der Waals surface area contributed by atoms with E-state index in [1.165, 1.54) is 0 Å². The molecule has 0 aliphatic carbocycles. The molecule has 0 saturated carbocycles. The lowest BCUT2D eigenvalue weighted by molar-refractivity contribution is -0.118. The lowest BCUT2D eigenvalue weighted by Crippen LogP contribution is -2.38. The average Bonchev–Trinajstić information content (AvgIpc) is 3.07. The summed E-state index contributed by atoms with van der Waals surface area (Å²) in [6.45, 7) is 6.89. The van der Waals surface area contributed by atoms with Crippen LogP contribution in [0.25, 0.3) is 0 Å². The smallest absolute Gasteiger partial charge is 0.241 e. The highest BCUT2D eigenvalue weighted by Crippen LogP contribution is 2.35. The average molecular weight is 460 g/mol. The van der Waals surface area contributed by atoms with Crippen LogP contribution in [0.4, 0.5) is 5.69 Å². The molecule has 1 aromatic rings. The van der Waals surface area contributed by atoms with E-state index in [9.17, 15) is 13.2 Å². The summed E-state index contributed by atoms with van der Waals surface area (Å²) in [4.78, 5) is 16.3. The van der Waals surface area contributed by atoms with Crippen molar-refractivity contribution in [1.82, 2.24) is 9.62 Å². The van der Waals surface area contributed by atoms with Crippen molar-refractivity contribution >= 4 is 37.5 Å². The zero-order valence-electron chi connectivity index (χ0n) is 15.5. The Morgan fingerprint density at radius 2 is 2.00 bits per heavy atom. The van der Waals surface area contributed by atoms with Gasteiger partial charge >= 0.3 is 0 Å². The fourth-order valence-electron chi connectivity index (χ4n) is 3.46. The molecule has 1 N–H and O–H groups in total.